The van der Waals surface area contributed by atoms with Crippen molar-refractivity contribution in [3.05, 3.63) is 53.9 Å². The van der Waals surface area contributed by atoms with E-state index in [1.165, 1.54) is 10.5 Å². The molecule has 0 saturated heterocycles. The lowest BCUT2D eigenvalue weighted by atomic mass is 9.89. The molecule has 0 saturated carbocycles. The Morgan fingerprint density at radius 1 is 1.43 bits per heavy atom. The minimum atomic E-state index is 0.0362. The highest BCUT2D eigenvalue weighted by Crippen LogP contribution is 2.45. The van der Waals surface area contributed by atoms with Crippen molar-refractivity contribution < 1.29 is 4.74 Å². The van der Waals surface area contributed by atoms with E-state index in [9.17, 15) is 0 Å². The van der Waals surface area contributed by atoms with Gasteiger partial charge in [0.2, 0.25) is 0 Å². The van der Waals surface area contributed by atoms with E-state index in [4.69, 9.17) is 10.6 Å². The molecule has 0 aliphatic carbocycles. The fourth-order valence-electron chi connectivity index (χ4n) is 2.76. The second kappa shape index (κ2) is 6.47. The molecule has 0 fully saturated rings. The number of aromatic nitrogens is 1. The van der Waals surface area contributed by atoms with E-state index in [1.54, 1.807) is 6.20 Å². The molecule has 3 N–H and O–H groups in total. The van der Waals surface area contributed by atoms with Crippen LogP contribution in [0.25, 0.3) is 0 Å². The molecule has 2 unspecified atom stereocenters. The highest BCUT2D eigenvalue weighted by Gasteiger charge is 2.31. The Labute approximate surface area is 129 Å². The van der Waals surface area contributed by atoms with Gasteiger partial charge in [0.15, 0.2) is 0 Å². The molecule has 21 heavy (non-hydrogen) atoms. The van der Waals surface area contributed by atoms with E-state index in [0.717, 1.165) is 17.1 Å². The number of pyridine rings is 1. The van der Waals surface area contributed by atoms with Crippen LogP contribution in [0.1, 0.15) is 30.0 Å². The maximum absolute atomic E-state index is 5.84. The second-order valence-corrected chi connectivity index (χ2v) is 6.05. The average molecular weight is 301 g/mol. The molecule has 1 aromatic carbocycles. The molecule has 3 rings (SSSR count). The standard InChI is InChI=1S/C16H19N3OS/c1-2-20-12-7-11(8-18-9-12)16(19-17)14-10-21-15-6-4-3-5-13(14)15/h3-9,14,16,19H,2,10,17H2,1H3. The van der Waals surface area contributed by atoms with Gasteiger partial charge in [-0.2, -0.15) is 0 Å². The topological polar surface area (TPSA) is 60.2 Å². The molecular formula is C16H19N3OS. The van der Waals surface area contributed by atoms with Crippen molar-refractivity contribution in [1.82, 2.24) is 10.4 Å². The summed E-state index contributed by atoms with van der Waals surface area (Å²) in [5, 5.41) is 0. The smallest absolute Gasteiger partial charge is 0.137 e. The minimum absolute atomic E-state index is 0.0362. The number of hydrogen-bond donors (Lipinski definition) is 2. The quantitative estimate of drug-likeness (QED) is 0.657. The Kier molecular flexibility index (Phi) is 4.43. The third-order valence-electron chi connectivity index (χ3n) is 3.72. The monoisotopic (exact) mass is 301 g/mol. The van der Waals surface area contributed by atoms with Gasteiger partial charge in [0.05, 0.1) is 18.8 Å². The number of nitrogens with zero attached hydrogens (tertiary/aromatic N) is 1. The number of benzene rings is 1. The number of hydrazine groups is 1. The van der Waals surface area contributed by atoms with Gasteiger partial charge in [0.1, 0.15) is 5.75 Å². The SMILES string of the molecule is CCOc1cncc(C(NN)C2CSc3ccccc32)c1. The van der Waals surface area contributed by atoms with E-state index in [2.05, 4.69) is 34.7 Å². The zero-order chi connectivity index (χ0) is 14.7. The second-order valence-electron chi connectivity index (χ2n) is 4.99. The molecule has 0 bridgehead atoms. The van der Waals surface area contributed by atoms with Gasteiger partial charge in [0, 0.05) is 22.8 Å². The molecule has 2 atom stereocenters. The lowest BCUT2D eigenvalue weighted by Crippen LogP contribution is -2.32. The molecule has 0 spiro atoms. The van der Waals surface area contributed by atoms with Crippen molar-refractivity contribution in [2.24, 2.45) is 5.84 Å². The first kappa shape index (κ1) is 14.4. The van der Waals surface area contributed by atoms with Crippen LogP contribution in [0.15, 0.2) is 47.6 Å². The normalized spacial score (nSPS) is 18.3. The summed E-state index contributed by atoms with van der Waals surface area (Å²) >= 11 is 1.88. The van der Waals surface area contributed by atoms with Gasteiger partial charge in [-0.25, -0.2) is 0 Å². The first-order valence-electron chi connectivity index (χ1n) is 7.09. The third-order valence-corrected chi connectivity index (χ3v) is 4.93. The van der Waals surface area contributed by atoms with Crippen LogP contribution >= 0.6 is 11.8 Å². The van der Waals surface area contributed by atoms with Gasteiger partial charge < -0.3 is 4.74 Å². The Hall–Kier alpha value is -1.56. The van der Waals surface area contributed by atoms with Crippen LogP contribution in [0, 0.1) is 0 Å². The highest BCUT2D eigenvalue weighted by molar-refractivity contribution is 7.99. The maximum atomic E-state index is 5.84. The van der Waals surface area contributed by atoms with Crippen LogP contribution in [0.4, 0.5) is 0 Å². The minimum Gasteiger partial charge on any atom is -0.492 e. The summed E-state index contributed by atoms with van der Waals surface area (Å²) in [6, 6.07) is 10.6. The summed E-state index contributed by atoms with van der Waals surface area (Å²) in [6.07, 6.45) is 3.59. The van der Waals surface area contributed by atoms with Crippen molar-refractivity contribution in [3.8, 4) is 5.75 Å². The molecule has 2 aromatic rings. The van der Waals surface area contributed by atoms with Crippen LogP contribution in [-0.4, -0.2) is 17.3 Å². The van der Waals surface area contributed by atoms with Gasteiger partial charge in [-0.15, -0.1) is 11.8 Å². The summed E-state index contributed by atoms with van der Waals surface area (Å²) in [5.74, 6) is 7.99. The summed E-state index contributed by atoms with van der Waals surface area (Å²) in [7, 11) is 0. The van der Waals surface area contributed by atoms with E-state index >= 15 is 0 Å². The molecule has 2 heterocycles. The first-order chi connectivity index (χ1) is 10.3. The average Bonchev–Trinajstić information content (AvgIpc) is 2.93. The van der Waals surface area contributed by atoms with E-state index in [1.807, 2.05) is 30.9 Å². The van der Waals surface area contributed by atoms with Gasteiger partial charge in [0.25, 0.3) is 0 Å². The largest absolute Gasteiger partial charge is 0.492 e. The zero-order valence-corrected chi connectivity index (χ0v) is 12.8. The maximum Gasteiger partial charge on any atom is 0.137 e. The van der Waals surface area contributed by atoms with Crippen molar-refractivity contribution in [2.75, 3.05) is 12.4 Å². The fourth-order valence-corrected chi connectivity index (χ4v) is 4.05. The van der Waals surface area contributed by atoms with Crippen LogP contribution in [0.5, 0.6) is 5.75 Å². The lowest BCUT2D eigenvalue weighted by Gasteiger charge is -2.23. The van der Waals surface area contributed by atoms with E-state index in [0.29, 0.717) is 12.5 Å². The van der Waals surface area contributed by atoms with Crippen molar-refractivity contribution in [3.63, 3.8) is 0 Å². The first-order valence-corrected chi connectivity index (χ1v) is 8.07. The molecule has 1 aromatic heterocycles. The third kappa shape index (κ3) is 2.90. The number of thioether (sulfide) groups is 1. The van der Waals surface area contributed by atoms with Crippen LogP contribution in [-0.2, 0) is 0 Å². The Balaban J connectivity index is 1.91. The van der Waals surface area contributed by atoms with Gasteiger partial charge in [-0.05, 0) is 30.2 Å². The summed E-state index contributed by atoms with van der Waals surface area (Å²) in [5.41, 5.74) is 5.38. The van der Waals surface area contributed by atoms with Gasteiger partial charge in [-0.1, -0.05) is 18.2 Å². The van der Waals surface area contributed by atoms with E-state index in [-0.39, 0.29) is 6.04 Å². The van der Waals surface area contributed by atoms with Crippen LogP contribution in [0.3, 0.4) is 0 Å². The Bertz CT molecular complexity index is 620. The molecule has 1 aliphatic heterocycles. The molecule has 0 radical (unpaired) electrons. The molecule has 4 nitrogen and oxygen atoms in total. The molecule has 0 amide bonds. The summed E-state index contributed by atoms with van der Waals surface area (Å²) in [4.78, 5) is 5.62. The Morgan fingerprint density at radius 3 is 3.10 bits per heavy atom. The number of ether oxygens (including phenoxy) is 1. The summed E-state index contributed by atoms with van der Waals surface area (Å²) in [6.45, 7) is 2.60. The predicted octanol–water partition coefficient (Wildman–Crippen LogP) is 2.87. The zero-order valence-electron chi connectivity index (χ0n) is 12.0. The fraction of sp³-hybridized carbons (Fsp3) is 0.312. The number of fused-ring (bicyclic) bond motifs is 1. The molecule has 1 aliphatic rings. The van der Waals surface area contributed by atoms with Gasteiger partial charge in [-0.3, -0.25) is 16.3 Å². The Morgan fingerprint density at radius 2 is 2.29 bits per heavy atom. The molecule has 110 valence electrons. The number of hydrogen-bond acceptors (Lipinski definition) is 5. The number of rotatable bonds is 5. The van der Waals surface area contributed by atoms with Crippen LogP contribution in [0.2, 0.25) is 0 Å². The molecule has 5 heteroatoms. The van der Waals surface area contributed by atoms with E-state index < -0.39 is 0 Å². The number of nitrogens with two attached hydrogens (primary N) is 1. The van der Waals surface area contributed by atoms with Crippen LogP contribution < -0.4 is 16.0 Å². The van der Waals surface area contributed by atoms with Gasteiger partial charge >= 0.3 is 0 Å². The lowest BCUT2D eigenvalue weighted by molar-refractivity contribution is 0.337. The highest BCUT2D eigenvalue weighted by atomic mass is 32.2. The summed E-state index contributed by atoms with van der Waals surface area (Å²) < 4.78 is 5.54. The van der Waals surface area contributed by atoms with Crippen molar-refractivity contribution in [2.45, 2.75) is 23.8 Å². The van der Waals surface area contributed by atoms with Crippen molar-refractivity contribution >= 4 is 11.8 Å². The number of nitrogens with one attached hydrogen (secondary N) is 1. The van der Waals surface area contributed by atoms with Crippen molar-refractivity contribution in [1.29, 1.82) is 0 Å². The molecular weight excluding hydrogens is 282 g/mol. The predicted molar refractivity (Wildman–Crippen MR) is 85.4 cm³/mol.